The molecule has 1 heterocycles. The maximum absolute atomic E-state index is 5.77. The first-order valence-corrected chi connectivity index (χ1v) is 3.50. The Balaban J connectivity index is 3.05. The van der Waals surface area contributed by atoms with E-state index in [1.165, 1.54) is 6.20 Å². The van der Waals surface area contributed by atoms with Crippen LogP contribution in [0.15, 0.2) is 10.7 Å². The van der Waals surface area contributed by atoms with E-state index >= 15 is 0 Å². The highest BCUT2D eigenvalue weighted by Crippen LogP contribution is 2.28. The Hall–Kier alpha value is -0.500. The summed E-state index contributed by atoms with van der Waals surface area (Å²) < 4.78 is 4.95. The normalized spacial score (nSPS) is 12.0. The highest BCUT2D eigenvalue weighted by Gasteiger charge is 2.21. The van der Waals surface area contributed by atoms with Crippen LogP contribution >= 0.6 is 11.6 Å². The summed E-state index contributed by atoms with van der Waals surface area (Å²) in [5.41, 5.74) is -0.0480. The molecule has 1 aromatic rings. The zero-order chi connectivity index (χ0) is 7.78. The summed E-state index contributed by atoms with van der Waals surface area (Å²) in [6, 6.07) is 0. The van der Waals surface area contributed by atoms with Gasteiger partial charge in [0.15, 0.2) is 5.76 Å². The second-order valence-electron chi connectivity index (χ2n) is 3.25. The number of hydrogen-bond donors (Lipinski definition) is 0. The number of hydrogen-bond acceptors (Lipinski definition) is 2. The monoisotopic (exact) mass is 159 g/mol. The molecule has 0 bridgehead atoms. The highest BCUT2D eigenvalue weighted by atomic mass is 35.5. The van der Waals surface area contributed by atoms with Gasteiger partial charge < -0.3 is 4.52 Å². The Morgan fingerprint density at radius 2 is 2.10 bits per heavy atom. The molecule has 3 heteroatoms. The molecule has 0 spiro atoms. The van der Waals surface area contributed by atoms with Crippen molar-refractivity contribution in [2.45, 2.75) is 26.2 Å². The van der Waals surface area contributed by atoms with Gasteiger partial charge in [0.2, 0.25) is 0 Å². The maximum Gasteiger partial charge on any atom is 0.160 e. The Morgan fingerprint density at radius 3 is 2.30 bits per heavy atom. The minimum atomic E-state index is -0.0480. The minimum Gasteiger partial charge on any atom is -0.359 e. The Kier molecular flexibility index (Phi) is 1.73. The number of halogens is 1. The van der Waals surface area contributed by atoms with Gasteiger partial charge in [-0.25, -0.2) is 0 Å². The lowest BCUT2D eigenvalue weighted by Crippen LogP contribution is -2.09. The van der Waals surface area contributed by atoms with E-state index in [1.807, 2.05) is 20.8 Å². The molecule has 2 nitrogen and oxygen atoms in total. The Labute approximate surface area is 65.2 Å². The van der Waals surface area contributed by atoms with Crippen molar-refractivity contribution in [3.05, 3.63) is 17.0 Å². The molecule has 0 N–H and O–H groups in total. The lowest BCUT2D eigenvalue weighted by atomic mass is 9.93. The van der Waals surface area contributed by atoms with Crippen LogP contribution in [-0.2, 0) is 5.41 Å². The number of aromatic nitrogens is 1. The van der Waals surface area contributed by atoms with Crippen LogP contribution in [0.1, 0.15) is 26.5 Å². The molecule has 1 rings (SSSR count). The third kappa shape index (κ3) is 1.32. The molecule has 10 heavy (non-hydrogen) atoms. The largest absolute Gasteiger partial charge is 0.359 e. The molecular formula is C7H10ClNO. The maximum atomic E-state index is 5.77. The summed E-state index contributed by atoms with van der Waals surface area (Å²) in [7, 11) is 0. The van der Waals surface area contributed by atoms with Gasteiger partial charge in [-0.05, 0) is 0 Å². The van der Waals surface area contributed by atoms with Crippen LogP contribution in [0, 0.1) is 0 Å². The molecule has 0 aromatic carbocycles. The van der Waals surface area contributed by atoms with E-state index in [9.17, 15) is 0 Å². The van der Waals surface area contributed by atoms with Crippen LogP contribution in [0.4, 0.5) is 0 Å². The fourth-order valence-electron chi connectivity index (χ4n) is 0.723. The van der Waals surface area contributed by atoms with Gasteiger partial charge in [0.05, 0.1) is 6.20 Å². The summed E-state index contributed by atoms with van der Waals surface area (Å²) in [6.07, 6.45) is 1.52. The standard InChI is InChI=1S/C7H10ClNO/c1-7(2,3)6-5(8)4-9-10-6/h4H,1-3H3. The summed E-state index contributed by atoms with van der Waals surface area (Å²) in [5, 5.41) is 4.19. The van der Waals surface area contributed by atoms with Crippen LogP contribution in [0.25, 0.3) is 0 Å². The molecule has 0 amide bonds. The Bertz CT molecular complexity index is 224. The Morgan fingerprint density at radius 1 is 1.50 bits per heavy atom. The summed E-state index contributed by atoms with van der Waals surface area (Å²) in [4.78, 5) is 0. The molecule has 0 radical (unpaired) electrons. The average molecular weight is 160 g/mol. The molecule has 0 atom stereocenters. The van der Waals surface area contributed by atoms with Gasteiger partial charge in [0.25, 0.3) is 0 Å². The lowest BCUT2D eigenvalue weighted by molar-refractivity contribution is 0.329. The summed E-state index contributed by atoms with van der Waals surface area (Å²) in [6.45, 7) is 6.08. The smallest absolute Gasteiger partial charge is 0.160 e. The van der Waals surface area contributed by atoms with Crippen LogP contribution in [0.5, 0.6) is 0 Å². The summed E-state index contributed by atoms with van der Waals surface area (Å²) in [5.74, 6) is 0.745. The topological polar surface area (TPSA) is 26.0 Å². The molecule has 0 fully saturated rings. The van der Waals surface area contributed by atoms with E-state index in [4.69, 9.17) is 16.1 Å². The first kappa shape index (κ1) is 7.61. The van der Waals surface area contributed by atoms with Crippen molar-refractivity contribution in [1.29, 1.82) is 0 Å². The number of rotatable bonds is 0. The zero-order valence-corrected chi connectivity index (χ0v) is 7.07. The number of nitrogens with zero attached hydrogens (tertiary/aromatic N) is 1. The first-order valence-electron chi connectivity index (χ1n) is 3.12. The molecule has 0 aliphatic carbocycles. The fraction of sp³-hybridized carbons (Fsp3) is 0.571. The molecule has 0 saturated carbocycles. The molecule has 1 aromatic heterocycles. The lowest BCUT2D eigenvalue weighted by Gasteiger charge is -2.13. The summed E-state index contributed by atoms with van der Waals surface area (Å²) >= 11 is 5.77. The van der Waals surface area contributed by atoms with Crippen molar-refractivity contribution in [2.24, 2.45) is 0 Å². The van der Waals surface area contributed by atoms with Gasteiger partial charge in [0.1, 0.15) is 5.02 Å². The van der Waals surface area contributed by atoms with Gasteiger partial charge in [-0.3, -0.25) is 0 Å². The second kappa shape index (κ2) is 2.27. The van der Waals surface area contributed by atoms with Crippen molar-refractivity contribution in [3.8, 4) is 0 Å². The van der Waals surface area contributed by atoms with Crippen LogP contribution < -0.4 is 0 Å². The third-order valence-corrected chi connectivity index (χ3v) is 1.48. The first-order chi connectivity index (χ1) is 4.52. The molecule has 0 aliphatic heterocycles. The van der Waals surface area contributed by atoms with Crippen LogP contribution in [0.3, 0.4) is 0 Å². The van der Waals surface area contributed by atoms with E-state index < -0.39 is 0 Å². The minimum absolute atomic E-state index is 0.0480. The van der Waals surface area contributed by atoms with Crippen molar-refractivity contribution in [1.82, 2.24) is 5.16 Å². The zero-order valence-electron chi connectivity index (χ0n) is 6.31. The second-order valence-corrected chi connectivity index (χ2v) is 3.66. The molecule has 0 saturated heterocycles. The fourth-order valence-corrected chi connectivity index (χ4v) is 1.08. The van der Waals surface area contributed by atoms with E-state index in [0.717, 1.165) is 5.76 Å². The van der Waals surface area contributed by atoms with E-state index in [0.29, 0.717) is 5.02 Å². The van der Waals surface area contributed by atoms with E-state index in [1.54, 1.807) is 0 Å². The predicted molar refractivity (Wildman–Crippen MR) is 40.2 cm³/mol. The van der Waals surface area contributed by atoms with Gasteiger partial charge in [-0.1, -0.05) is 37.5 Å². The van der Waals surface area contributed by atoms with Crippen LogP contribution in [0.2, 0.25) is 5.02 Å². The molecule has 0 aliphatic rings. The van der Waals surface area contributed by atoms with E-state index in [-0.39, 0.29) is 5.41 Å². The highest BCUT2D eigenvalue weighted by molar-refractivity contribution is 6.31. The van der Waals surface area contributed by atoms with Crippen LogP contribution in [-0.4, -0.2) is 5.16 Å². The van der Waals surface area contributed by atoms with Crippen molar-refractivity contribution in [3.63, 3.8) is 0 Å². The predicted octanol–water partition coefficient (Wildman–Crippen LogP) is 2.63. The van der Waals surface area contributed by atoms with E-state index in [2.05, 4.69) is 5.16 Å². The SMILES string of the molecule is CC(C)(C)c1oncc1Cl. The van der Waals surface area contributed by atoms with Crippen molar-refractivity contribution >= 4 is 11.6 Å². The molecule has 0 unspecified atom stereocenters. The molecular weight excluding hydrogens is 150 g/mol. The van der Waals surface area contributed by atoms with Crippen molar-refractivity contribution < 1.29 is 4.52 Å². The third-order valence-electron chi connectivity index (χ3n) is 1.21. The van der Waals surface area contributed by atoms with Gasteiger partial charge in [0, 0.05) is 5.41 Å². The molecule has 56 valence electrons. The quantitative estimate of drug-likeness (QED) is 0.582. The van der Waals surface area contributed by atoms with Crippen molar-refractivity contribution in [2.75, 3.05) is 0 Å². The van der Waals surface area contributed by atoms with Gasteiger partial charge >= 0.3 is 0 Å². The van der Waals surface area contributed by atoms with Gasteiger partial charge in [-0.2, -0.15) is 0 Å². The average Bonchev–Trinajstić information content (AvgIpc) is 2.11. The van der Waals surface area contributed by atoms with Gasteiger partial charge in [-0.15, -0.1) is 0 Å².